The van der Waals surface area contributed by atoms with E-state index in [2.05, 4.69) is 15.6 Å². The van der Waals surface area contributed by atoms with Crippen LogP contribution in [0.1, 0.15) is 18.2 Å². The Bertz CT molecular complexity index is 735. The summed E-state index contributed by atoms with van der Waals surface area (Å²) in [5.74, 6) is 0.257. The lowest BCUT2D eigenvalue weighted by Gasteiger charge is -2.25. The molecule has 0 radical (unpaired) electrons. The summed E-state index contributed by atoms with van der Waals surface area (Å²) in [4.78, 5) is 4.92. The Morgan fingerprint density at radius 1 is 1.29 bits per heavy atom. The molecule has 2 rings (SSSR count). The van der Waals surface area contributed by atoms with Gasteiger partial charge in [-0.15, -0.1) is 35.3 Å². The standard InChI is InChI=1S/C15H23F3N4O3S2.HI/c1-2-19-14(20-6-5-15(16,17)18)21-11-12-3-4-13(26-12)27(23,24)22-7-9-25-10-8-22;/h3-4H,2,5-11H2,1H3,(H2,19,20,21);1H. The Morgan fingerprint density at radius 3 is 2.57 bits per heavy atom. The van der Waals surface area contributed by atoms with Crippen molar-refractivity contribution in [1.82, 2.24) is 14.9 Å². The highest BCUT2D eigenvalue weighted by atomic mass is 127. The molecular weight excluding hydrogens is 532 g/mol. The Balaban J connectivity index is 0.00000392. The first-order valence-corrected chi connectivity index (χ1v) is 10.7. The van der Waals surface area contributed by atoms with E-state index in [0.717, 1.165) is 11.3 Å². The van der Waals surface area contributed by atoms with E-state index in [1.165, 1.54) is 10.4 Å². The molecule has 1 aromatic heterocycles. The van der Waals surface area contributed by atoms with Gasteiger partial charge >= 0.3 is 6.18 Å². The first-order valence-electron chi connectivity index (χ1n) is 8.48. The smallest absolute Gasteiger partial charge is 0.379 e. The molecule has 0 spiro atoms. The Kier molecular flexibility index (Phi) is 10.4. The van der Waals surface area contributed by atoms with Crippen molar-refractivity contribution in [3.05, 3.63) is 17.0 Å². The van der Waals surface area contributed by atoms with Crippen molar-refractivity contribution in [2.24, 2.45) is 4.99 Å². The second-order valence-corrected chi connectivity index (χ2v) is 9.06. The van der Waals surface area contributed by atoms with E-state index in [4.69, 9.17) is 4.74 Å². The number of guanidine groups is 1. The molecule has 0 unspecified atom stereocenters. The lowest BCUT2D eigenvalue weighted by molar-refractivity contribution is -0.132. The minimum atomic E-state index is -4.24. The number of hydrogen-bond donors (Lipinski definition) is 2. The summed E-state index contributed by atoms with van der Waals surface area (Å²) in [7, 11) is -3.55. The average molecular weight is 556 g/mol. The Morgan fingerprint density at radius 2 is 1.96 bits per heavy atom. The van der Waals surface area contributed by atoms with Crippen LogP contribution < -0.4 is 10.6 Å². The van der Waals surface area contributed by atoms with Gasteiger partial charge in [0.25, 0.3) is 10.0 Å². The van der Waals surface area contributed by atoms with Crippen molar-refractivity contribution >= 4 is 51.3 Å². The van der Waals surface area contributed by atoms with Crippen molar-refractivity contribution in [3.8, 4) is 0 Å². The number of thiophene rings is 1. The molecule has 2 N–H and O–H groups in total. The van der Waals surface area contributed by atoms with Crippen LogP contribution in [0.5, 0.6) is 0 Å². The molecule has 1 aromatic rings. The van der Waals surface area contributed by atoms with Gasteiger partial charge in [0, 0.05) is 31.1 Å². The van der Waals surface area contributed by atoms with Gasteiger partial charge in [-0.2, -0.15) is 17.5 Å². The Hall–Kier alpha value is -0.640. The van der Waals surface area contributed by atoms with Crippen molar-refractivity contribution in [2.45, 2.75) is 30.3 Å². The summed E-state index contributed by atoms with van der Waals surface area (Å²) in [6.45, 7) is 3.58. The van der Waals surface area contributed by atoms with Crippen molar-refractivity contribution in [1.29, 1.82) is 0 Å². The molecule has 1 aliphatic rings. The quantitative estimate of drug-likeness (QED) is 0.306. The summed E-state index contributed by atoms with van der Waals surface area (Å²) in [6, 6.07) is 3.20. The molecule has 0 bridgehead atoms. The molecule has 162 valence electrons. The van der Waals surface area contributed by atoms with E-state index in [1.54, 1.807) is 13.0 Å². The molecule has 0 saturated carbocycles. The van der Waals surface area contributed by atoms with E-state index in [0.29, 0.717) is 37.7 Å². The summed E-state index contributed by atoms with van der Waals surface area (Å²) in [5, 5.41) is 5.48. The zero-order chi connectivity index (χ0) is 19.9. The van der Waals surface area contributed by atoms with Crippen molar-refractivity contribution < 1.29 is 26.3 Å². The van der Waals surface area contributed by atoms with Gasteiger partial charge in [-0.1, -0.05) is 0 Å². The van der Waals surface area contributed by atoms with Gasteiger partial charge < -0.3 is 15.4 Å². The fraction of sp³-hybridized carbons (Fsp3) is 0.667. The topological polar surface area (TPSA) is 83.0 Å². The van der Waals surface area contributed by atoms with Gasteiger partial charge in [0.1, 0.15) is 4.21 Å². The van der Waals surface area contributed by atoms with Gasteiger partial charge in [-0.05, 0) is 19.1 Å². The van der Waals surface area contributed by atoms with Crippen LogP contribution in [0.4, 0.5) is 13.2 Å². The summed E-state index contributed by atoms with van der Waals surface area (Å²) in [6.07, 6.45) is -5.20. The van der Waals surface area contributed by atoms with E-state index in [-0.39, 0.29) is 47.2 Å². The van der Waals surface area contributed by atoms with E-state index in [9.17, 15) is 21.6 Å². The summed E-state index contributed by atoms with van der Waals surface area (Å²) >= 11 is 1.11. The van der Waals surface area contributed by atoms with Crippen LogP contribution in [0.2, 0.25) is 0 Å². The van der Waals surface area contributed by atoms with Gasteiger partial charge in [0.15, 0.2) is 5.96 Å². The predicted molar refractivity (Wildman–Crippen MR) is 113 cm³/mol. The second-order valence-electron chi connectivity index (χ2n) is 5.72. The number of alkyl halides is 3. The number of sulfonamides is 1. The van der Waals surface area contributed by atoms with E-state index >= 15 is 0 Å². The zero-order valence-corrected chi connectivity index (χ0v) is 19.3. The molecule has 1 aliphatic heterocycles. The molecular formula is C15H24F3IN4O3S2. The summed E-state index contributed by atoms with van der Waals surface area (Å²) < 4.78 is 68.7. The van der Waals surface area contributed by atoms with Crippen LogP contribution in [-0.2, 0) is 21.3 Å². The molecule has 13 heteroatoms. The number of rotatable bonds is 7. The molecule has 1 fully saturated rings. The number of nitrogens with zero attached hydrogens (tertiary/aromatic N) is 2. The van der Waals surface area contributed by atoms with Gasteiger partial charge in [-0.25, -0.2) is 13.4 Å². The number of aliphatic imine (C=N–C) groups is 1. The monoisotopic (exact) mass is 556 g/mol. The SMILES string of the molecule is CCNC(=NCc1ccc(S(=O)(=O)N2CCOCC2)s1)NCCC(F)(F)F.I. The van der Waals surface area contributed by atoms with E-state index < -0.39 is 22.6 Å². The highest BCUT2D eigenvalue weighted by molar-refractivity contribution is 14.0. The number of hydrogen-bond acceptors (Lipinski definition) is 5. The fourth-order valence-corrected chi connectivity index (χ4v) is 5.16. The first kappa shape index (κ1) is 25.4. The van der Waals surface area contributed by atoms with Crippen molar-refractivity contribution in [3.63, 3.8) is 0 Å². The maximum atomic E-state index is 12.6. The third-order valence-electron chi connectivity index (χ3n) is 3.64. The molecule has 0 aromatic carbocycles. The van der Waals surface area contributed by atoms with Crippen LogP contribution in [0.25, 0.3) is 0 Å². The highest BCUT2D eigenvalue weighted by Gasteiger charge is 2.28. The lowest BCUT2D eigenvalue weighted by Crippen LogP contribution is -2.40. The third-order valence-corrected chi connectivity index (χ3v) is 7.08. The minimum absolute atomic E-state index is 0. The number of ether oxygens (including phenoxy) is 1. The van der Waals surface area contributed by atoms with Gasteiger partial charge in [0.2, 0.25) is 0 Å². The van der Waals surface area contributed by atoms with Crippen LogP contribution in [-0.4, -0.2) is 64.3 Å². The van der Waals surface area contributed by atoms with Crippen molar-refractivity contribution in [2.75, 3.05) is 39.4 Å². The van der Waals surface area contributed by atoms with Crippen LogP contribution in [0.3, 0.4) is 0 Å². The molecule has 0 aliphatic carbocycles. The average Bonchev–Trinajstić information content (AvgIpc) is 3.09. The minimum Gasteiger partial charge on any atom is -0.379 e. The number of nitrogens with one attached hydrogen (secondary N) is 2. The predicted octanol–water partition coefficient (Wildman–Crippen LogP) is 2.39. The normalized spacial score (nSPS) is 16.5. The highest BCUT2D eigenvalue weighted by Crippen LogP contribution is 2.26. The molecule has 0 atom stereocenters. The summed E-state index contributed by atoms with van der Waals surface area (Å²) in [5.41, 5.74) is 0. The molecule has 1 saturated heterocycles. The molecule has 2 heterocycles. The second kappa shape index (κ2) is 11.5. The van der Waals surface area contributed by atoms with E-state index in [1.807, 2.05) is 0 Å². The van der Waals surface area contributed by atoms with Crippen LogP contribution >= 0.6 is 35.3 Å². The third kappa shape index (κ3) is 8.00. The lowest BCUT2D eigenvalue weighted by atomic mass is 10.4. The molecule has 28 heavy (non-hydrogen) atoms. The fourth-order valence-electron chi connectivity index (χ4n) is 2.32. The van der Waals surface area contributed by atoms with Gasteiger partial charge in [0.05, 0.1) is 26.2 Å². The number of morpholine rings is 1. The zero-order valence-electron chi connectivity index (χ0n) is 15.3. The maximum absolute atomic E-state index is 12.6. The van der Waals surface area contributed by atoms with Crippen LogP contribution in [0, 0.1) is 0 Å². The largest absolute Gasteiger partial charge is 0.390 e. The first-order chi connectivity index (χ1) is 12.7. The molecule has 7 nitrogen and oxygen atoms in total. The van der Waals surface area contributed by atoms with Crippen LogP contribution in [0.15, 0.2) is 21.3 Å². The maximum Gasteiger partial charge on any atom is 0.390 e. The van der Waals surface area contributed by atoms with Gasteiger partial charge in [-0.3, -0.25) is 0 Å². The molecule has 0 amide bonds. The Labute approximate surface area is 183 Å². The number of halogens is 4.